The molecule has 1 aromatic rings. The highest BCUT2D eigenvalue weighted by Crippen LogP contribution is 2.19. The summed E-state index contributed by atoms with van der Waals surface area (Å²) in [6, 6.07) is 8.65. The summed E-state index contributed by atoms with van der Waals surface area (Å²) in [5.74, 6) is 2.09. The van der Waals surface area contributed by atoms with Gasteiger partial charge in [0.25, 0.3) is 0 Å². The summed E-state index contributed by atoms with van der Waals surface area (Å²) in [6.45, 7) is 0. The number of thioether (sulfide) groups is 1. The topological polar surface area (TPSA) is 46.2 Å². The molecular weight excluding hydrogens is 242 g/mol. The van der Waals surface area contributed by atoms with Crippen molar-refractivity contribution in [1.82, 2.24) is 4.72 Å². The molecule has 1 aromatic carbocycles. The lowest BCUT2D eigenvalue weighted by Crippen LogP contribution is -2.37. The van der Waals surface area contributed by atoms with Crippen molar-refractivity contribution in [1.29, 1.82) is 0 Å². The smallest absolute Gasteiger partial charge is 0.208 e. The minimum atomic E-state index is -3.32. The van der Waals surface area contributed by atoms with E-state index in [1.54, 1.807) is 24.3 Å². The van der Waals surface area contributed by atoms with E-state index in [9.17, 15) is 8.42 Å². The summed E-state index contributed by atoms with van der Waals surface area (Å²) in [5, 5.41) is 0. The van der Waals surface area contributed by atoms with E-state index in [0.717, 1.165) is 24.3 Å². The van der Waals surface area contributed by atoms with Gasteiger partial charge in [0, 0.05) is 6.04 Å². The molecule has 0 spiro atoms. The van der Waals surface area contributed by atoms with Gasteiger partial charge in [-0.2, -0.15) is 11.8 Å². The maximum atomic E-state index is 12.0. The van der Waals surface area contributed by atoms with E-state index in [0.29, 0.717) is 4.90 Å². The van der Waals surface area contributed by atoms with Crippen LogP contribution < -0.4 is 4.72 Å². The molecule has 0 saturated carbocycles. The zero-order chi connectivity index (χ0) is 11.4. The molecule has 2 rings (SSSR count). The fourth-order valence-corrected chi connectivity index (χ4v) is 4.14. The minimum absolute atomic E-state index is 0.103. The number of hydrogen-bond donors (Lipinski definition) is 1. The molecule has 88 valence electrons. The normalized spacial score (nSPS) is 18.5. The summed E-state index contributed by atoms with van der Waals surface area (Å²) < 4.78 is 26.7. The Morgan fingerprint density at radius 3 is 2.38 bits per heavy atom. The van der Waals surface area contributed by atoms with Crippen molar-refractivity contribution in [2.24, 2.45) is 0 Å². The van der Waals surface area contributed by atoms with Gasteiger partial charge < -0.3 is 0 Å². The van der Waals surface area contributed by atoms with Crippen LogP contribution in [0, 0.1) is 0 Å². The van der Waals surface area contributed by atoms with E-state index in [-0.39, 0.29) is 6.04 Å². The third kappa shape index (κ3) is 2.99. The standard InChI is InChI=1S/C11H15NO2S2/c13-16(14,11-4-2-1-3-5-11)12-10-6-8-15-9-7-10/h1-5,10,12H,6-9H2. The van der Waals surface area contributed by atoms with Gasteiger partial charge in [0.15, 0.2) is 0 Å². The molecule has 0 aliphatic carbocycles. The molecule has 1 N–H and O–H groups in total. The molecule has 0 radical (unpaired) electrons. The molecule has 0 unspecified atom stereocenters. The molecule has 0 aromatic heterocycles. The van der Waals surface area contributed by atoms with Gasteiger partial charge in [-0.05, 0) is 36.5 Å². The Balaban J connectivity index is 2.08. The van der Waals surface area contributed by atoms with Crippen LogP contribution in [0.2, 0.25) is 0 Å². The van der Waals surface area contributed by atoms with Crippen LogP contribution in [-0.4, -0.2) is 26.0 Å². The quantitative estimate of drug-likeness (QED) is 0.899. The van der Waals surface area contributed by atoms with Gasteiger partial charge in [0.05, 0.1) is 4.90 Å². The van der Waals surface area contributed by atoms with Gasteiger partial charge in [-0.3, -0.25) is 0 Å². The third-order valence-corrected chi connectivity index (χ3v) is 5.18. The van der Waals surface area contributed by atoms with Crippen LogP contribution in [0.4, 0.5) is 0 Å². The van der Waals surface area contributed by atoms with Crippen LogP contribution in [0.5, 0.6) is 0 Å². The van der Waals surface area contributed by atoms with Crippen LogP contribution in [0.3, 0.4) is 0 Å². The average molecular weight is 257 g/mol. The van der Waals surface area contributed by atoms with Crippen molar-refractivity contribution in [3.05, 3.63) is 30.3 Å². The van der Waals surface area contributed by atoms with Crippen molar-refractivity contribution in [3.63, 3.8) is 0 Å². The van der Waals surface area contributed by atoms with Crippen LogP contribution in [-0.2, 0) is 10.0 Å². The van der Waals surface area contributed by atoms with E-state index in [1.807, 2.05) is 17.8 Å². The number of rotatable bonds is 3. The van der Waals surface area contributed by atoms with E-state index in [2.05, 4.69) is 4.72 Å². The molecule has 3 nitrogen and oxygen atoms in total. The van der Waals surface area contributed by atoms with Crippen LogP contribution in [0.1, 0.15) is 12.8 Å². The molecule has 1 aliphatic heterocycles. The Morgan fingerprint density at radius 1 is 1.12 bits per heavy atom. The van der Waals surface area contributed by atoms with Crippen molar-refractivity contribution in [2.75, 3.05) is 11.5 Å². The lowest BCUT2D eigenvalue weighted by molar-refractivity contribution is 0.529. The first-order valence-corrected chi connectivity index (χ1v) is 7.97. The first-order chi connectivity index (χ1) is 7.68. The molecule has 1 heterocycles. The Kier molecular flexibility index (Phi) is 3.89. The number of nitrogens with one attached hydrogen (secondary N) is 1. The lowest BCUT2D eigenvalue weighted by atomic mass is 10.2. The Hall–Kier alpha value is -0.520. The van der Waals surface area contributed by atoms with Gasteiger partial charge in [-0.1, -0.05) is 18.2 Å². The highest BCUT2D eigenvalue weighted by atomic mass is 32.2. The molecule has 0 amide bonds. The molecule has 1 saturated heterocycles. The van der Waals surface area contributed by atoms with E-state index >= 15 is 0 Å². The van der Waals surface area contributed by atoms with Crippen molar-refractivity contribution in [2.45, 2.75) is 23.8 Å². The Labute approximate surface area is 101 Å². The Bertz CT molecular complexity index is 425. The van der Waals surface area contributed by atoms with Gasteiger partial charge in [-0.25, -0.2) is 13.1 Å². The first kappa shape index (κ1) is 12.0. The zero-order valence-electron chi connectivity index (χ0n) is 8.93. The first-order valence-electron chi connectivity index (χ1n) is 5.33. The average Bonchev–Trinajstić information content (AvgIpc) is 2.31. The van der Waals surface area contributed by atoms with E-state index in [1.165, 1.54) is 0 Å². The summed E-state index contributed by atoms with van der Waals surface area (Å²) >= 11 is 1.89. The summed E-state index contributed by atoms with van der Waals surface area (Å²) in [4.78, 5) is 0.355. The van der Waals surface area contributed by atoms with Crippen LogP contribution in [0.15, 0.2) is 35.2 Å². The Morgan fingerprint density at radius 2 is 1.75 bits per heavy atom. The molecule has 0 atom stereocenters. The highest BCUT2D eigenvalue weighted by Gasteiger charge is 2.21. The number of hydrogen-bond acceptors (Lipinski definition) is 3. The molecule has 5 heteroatoms. The molecular formula is C11H15NO2S2. The second-order valence-electron chi connectivity index (χ2n) is 3.82. The van der Waals surface area contributed by atoms with Gasteiger partial charge in [0.1, 0.15) is 0 Å². The lowest BCUT2D eigenvalue weighted by Gasteiger charge is -2.22. The number of sulfonamides is 1. The largest absolute Gasteiger partial charge is 0.240 e. The number of benzene rings is 1. The van der Waals surface area contributed by atoms with Crippen molar-refractivity contribution >= 4 is 21.8 Å². The molecule has 0 bridgehead atoms. The third-order valence-electron chi connectivity index (χ3n) is 2.60. The SMILES string of the molecule is O=S(=O)(NC1CCSCC1)c1ccccc1. The molecule has 1 aliphatic rings. The summed E-state index contributed by atoms with van der Waals surface area (Å²) in [5.41, 5.74) is 0. The van der Waals surface area contributed by atoms with E-state index < -0.39 is 10.0 Å². The highest BCUT2D eigenvalue weighted by molar-refractivity contribution is 7.99. The van der Waals surface area contributed by atoms with Crippen LogP contribution in [0.25, 0.3) is 0 Å². The predicted octanol–water partition coefficient (Wildman–Crippen LogP) is 1.86. The monoisotopic (exact) mass is 257 g/mol. The van der Waals surface area contributed by atoms with Gasteiger partial charge >= 0.3 is 0 Å². The maximum Gasteiger partial charge on any atom is 0.240 e. The van der Waals surface area contributed by atoms with Crippen molar-refractivity contribution < 1.29 is 8.42 Å². The summed E-state index contributed by atoms with van der Waals surface area (Å²) in [6.07, 6.45) is 1.85. The second-order valence-corrected chi connectivity index (χ2v) is 6.76. The summed E-state index contributed by atoms with van der Waals surface area (Å²) in [7, 11) is -3.32. The fraction of sp³-hybridized carbons (Fsp3) is 0.455. The van der Waals surface area contributed by atoms with Crippen LogP contribution >= 0.6 is 11.8 Å². The van der Waals surface area contributed by atoms with Gasteiger partial charge in [-0.15, -0.1) is 0 Å². The fourth-order valence-electron chi connectivity index (χ4n) is 1.70. The molecule has 16 heavy (non-hydrogen) atoms. The maximum absolute atomic E-state index is 12.0. The zero-order valence-corrected chi connectivity index (χ0v) is 10.6. The van der Waals surface area contributed by atoms with Crippen molar-refractivity contribution in [3.8, 4) is 0 Å². The van der Waals surface area contributed by atoms with E-state index in [4.69, 9.17) is 0 Å². The minimum Gasteiger partial charge on any atom is -0.208 e. The molecule has 1 fully saturated rings. The predicted molar refractivity (Wildman–Crippen MR) is 67.1 cm³/mol. The second kappa shape index (κ2) is 5.21. The van der Waals surface area contributed by atoms with Gasteiger partial charge in [0.2, 0.25) is 10.0 Å².